The van der Waals surface area contributed by atoms with Gasteiger partial charge in [0.1, 0.15) is 5.82 Å². The van der Waals surface area contributed by atoms with Gasteiger partial charge in [-0.05, 0) is 67.0 Å². The summed E-state index contributed by atoms with van der Waals surface area (Å²) in [4.78, 5) is 0. The molecule has 2 aromatic carbocycles. The van der Waals surface area contributed by atoms with Crippen molar-refractivity contribution in [2.45, 2.75) is 20.4 Å². The summed E-state index contributed by atoms with van der Waals surface area (Å²) in [6.45, 7) is 4.71. The maximum atomic E-state index is 12.8. The molecule has 2 rings (SSSR count). The summed E-state index contributed by atoms with van der Waals surface area (Å²) in [6, 6.07) is 12.5. The Kier molecular flexibility index (Phi) is 4.69. The Morgan fingerprint density at radius 2 is 1.75 bits per heavy atom. The van der Waals surface area contributed by atoms with E-state index in [1.807, 2.05) is 6.07 Å². The molecule has 0 heterocycles. The van der Waals surface area contributed by atoms with Crippen LogP contribution in [-0.2, 0) is 6.54 Å². The van der Waals surface area contributed by atoms with Crippen LogP contribution in [-0.4, -0.2) is 5.11 Å². The molecule has 2 N–H and O–H groups in total. The van der Waals surface area contributed by atoms with E-state index in [0.29, 0.717) is 11.7 Å². The second kappa shape index (κ2) is 6.48. The van der Waals surface area contributed by atoms with Gasteiger partial charge in [-0.1, -0.05) is 18.2 Å². The van der Waals surface area contributed by atoms with Gasteiger partial charge >= 0.3 is 0 Å². The third-order valence-electron chi connectivity index (χ3n) is 3.13. The summed E-state index contributed by atoms with van der Waals surface area (Å²) in [5.41, 5.74) is 4.41. The molecule has 0 fully saturated rings. The van der Waals surface area contributed by atoms with Crippen LogP contribution in [0.5, 0.6) is 0 Å². The van der Waals surface area contributed by atoms with Crippen LogP contribution in [0.1, 0.15) is 16.7 Å². The topological polar surface area (TPSA) is 24.1 Å². The minimum absolute atomic E-state index is 0.232. The maximum absolute atomic E-state index is 12.8. The highest BCUT2D eigenvalue weighted by atomic mass is 32.1. The second-order valence-electron chi connectivity index (χ2n) is 4.73. The highest BCUT2D eigenvalue weighted by molar-refractivity contribution is 7.80. The van der Waals surface area contributed by atoms with Gasteiger partial charge in [0.25, 0.3) is 0 Å². The number of benzene rings is 2. The molecule has 0 radical (unpaired) electrons. The van der Waals surface area contributed by atoms with Crippen molar-refractivity contribution < 1.29 is 4.39 Å². The van der Waals surface area contributed by atoms with Gasteiger partial charge in [0, 0.05) is 12.2 Å². The zero-order chi connectivity index (χ0) is 14.5. The molecule has 4 heteroatoms. The molecule has 0 unspecified atom stereocenters. The van der Waals surface area contributed by atoms with Gasteiger partial charge in [-0.15, -0.1) is 0 Å². The number of rotatable bonds is 3. The molecule has 2 nitrogen and oxygen atoms in total. The van der Waals surface area contributed by atoms with Gasteiger partial charge in [0.05, 0.1) is 0 Å². The van der Waals surface area contributed by atoms with Crippen LogP contribution in [0.4, 0.5) is 10.1 Å². The number of nitrogens with one attached hydrogen (secondary N) is 2. The number of anilines is 1. The first kappa shape index (κ1) is 14.5. The first-order chi connectivity index (χ1) is 9.54. The van der Waals surface area contributed by atoms with Crippen molar-refractivity contribution in [3.05, 3.63) is 65.0 Å². The monoisotopic (exact) mass is 288 g/mol. The number of thiocarbonyl (C=S) groups is 1. The number of halogens is 1. The van der Waals surface area contributed by atoms with Crippen molar-refractivity contribution in [1.82, 2.24) is 5.32 Å². The third kappa shape index (κ3) is 4.03. The summed E-state index contributed by atoms with van der Waals surface area (Å²) in [7, 11) is 0. The lowest BCUT2D eigenvalue weighted by atomic mass is 10.1. The molecule has 0 saturated heterocycles. The first-order valence-corrected chi connectivity index (χ1v) is 6.82. The quantitative estimate of drug-likeness (QED) is 0.837. The van der Waals surface area contributed by atoms with Gasteiger partial charge in [-0.2, -0.15) is 0 Å². The Morgan fingerprint density at radius 3 is 2.40 bits per heavy atom. The van der Waals surface area contributed by atoms with Crippen molar-refractivity contribution in [3.8, 4) is 0 Å². The van der Waals surface area contributed by atoms with E-state index in [1.165, 1.54) is 23.3 Å². The number of hydrogen-bond acceptors (Lipinski definition) is 1. The molecule has 0 aliphatic carbocycles. The Balaban J connectivity index is 1.89. The minimum atomic E-state index is -0.232. The molecule has 104 valence electrons. The lowest BCUT2D eigenvalue weighted by Gasteiger charge is -2.12. The lowest BCUT2D eigenvalue weighted by Crippen LogP contribution is -2.27. The molecule has 0 spiro atoms. The van der Waals surface area contributed by atoms with E-state index in [-0.39, 0.29) is 5.82 Å². The third-order valence-corrected chi connectivity index (χ3v) is 3.38. The molecule has 0 amide bonds. The van der Waals surface area contributed by atoms with Crippen molar-refractivity contribution in [2.75, 3.05) is 5.32 Å². The van der Waals surface area contributed by atoms with Crippen LogP contribution in [0.25, 0.3) is 0 Å². The van der Waals surface area contributed by atoms with Crippen LogP contribution >= 0.6 is 12.2 Å². The van der Waals surface area contributed by atoms with Crippen LogP contribution in [0, 0.1) is 19.7 Å². The molecule has 0 saturated carbocycles. The highest BCUT2D eigenvalue weighted by Gasteiger charge is 2.00. The Morgan fingerprint density at radius 1 is 1.05 bits per heavy atom. The van der Waals surface area contributed by atoms with E-state index >= 15 is 0 Å². The zero-order valence-electron chi connectivity index (χ0n) is 11.5. The molecule has 2 aromatic rings. The standard InChI is InChI=1S/C16H17FN2S/c1-11-3-8-15(9-12(11)2)19-16(20)18-10-13-4-6-14(17)7-5-13/h3-9H,10H2,1-2H3,(H2,18,19,20). The van der Waals surface area contributed by atoms with Gasteiger partial charge in [-0.3, -0.25) is 0 Å². The average molecular weight is 288 g/mol. The fourth-order valence-electron chi connectivity index (χ4n) is 1.78. The van der Waals surface area contributed by atoms with Crippen LogP contribution < -0.4 is 10.6 Å². The Labute approximate surface area is 124 Å². The van der Waals surface area contributed by atoms with Gasteiger partial charge in [-0.25, -0.2) is 4.39 Å². The fourth-order valence-corrected chi connectivity index (χ4v) is 1.97. The molecule has 0 atom stereocenters. The van der Waals surface area contributed by atoms with Gasteiger partial charge in [0.15, 0.2) is 5.11 Å². The average Bonchev–Trinajstić information content (AvgIpc) is 2.42. The van der Waals surface area contributed by atoms with E-state index in [1.54, 1.807) is 12.1 Å². The number of aryl methyl sites for hydroxylation is 2. The zero-order valence-corrected chi connectivity index (χ0v) is 12.4. The summed E-state index contributed by atoms with van der Waals surface area (Å²) >= 11 is 5.24. The van der Waals surface area contributed by atoms with Crippen molar-refractivity contribution in [3.63, 3.8) is 0 Å². The smallest absolute Gasteiger partial charge is 0.171 e. The predicted molar refractivity (Wildman–Crippen MR) is 85.4 cm³/mol. The predicted octanol–water partition coefficient (Wildman–Crippen LogP) is 3.93. The van der Waals surface area contributed by atoms with Crippen LogP contribution in [0.15, 0.2) is 42.5 Å². The first-order valence-electron chi connectivity index (χ1n) is 6.41. The summed E-state index contributed by atoms with van der Waals surface area (Å²) in [5, 5.41) is 6.79. The fraction of sp³-hybridized carbons (Fsp3) is 0.188. The van der Waals surface area contributed by atoms with Crippen molar-refractivity contribution >= 4 is 23.0 Å². The molecule has 20 heavy (non-hydrogen) atoms. The normalized spacial score (nSPS) is 10.2. The molecular weight excluding hydrogens is 271 g/mol. The van der Waals surface area contributed by atoms with Gasteiger partial charge < -0.3 is 10.6 Å². The molecule has 0 aliphatic rings. The molecule has 0 aromatic heterocycles. The van der Waals surface area contributed by atoms with Crippen LogP contribution in [0.2, 0.25) is 0 Å². The largest absolute Gasteiger partial charge is 0.358 e. The molecular formula is C16H17FN2S. The summed E-state index contributed by atoms with van der Waals surface area (Å²) < 4.78 is 12.8. The van der Waals surface area contributed by atoms with E-state index in [0.717, 1.165) is 11.3 Å². The summed E-state index contributed by atoms with van der Waals surface area (Å²) in [5.74, 6) is -0.232. The summed E-state index contributed by atoms with van der Waals surface area (Å²) in [6.07, 6.45) is 0. The van der Waals surface area contributed by atoms with Gasteiger partial charge in [0.2, 0.25) is 0 Å². The Bertz CT molecular complexity index is 608. The van der Waals surface area contributed by atoms with E-state index in [2.05, 4.69) is 36.6 Å². The van der Waals surface area contributed by atoms with Crippen LogP contribution in [0.3, 0.4) is 0 Å². The molecule has 0 bridgehead atoms. The second-order valence-corrected chi connectivity index (χ2v) is 5.14. The minimum Gasteiger partial charge on any atom is -0.358 e. The van der Waals surface area contributed by atoms with Crippen molar-refractivity contribution in [1.29, 1.82) is 0 Å². The maximum Gasteiger partial charge on any atom is 0.171 e. The number of hydrogen-bond donors (Lipinski definition) is 2. The van der Waals surface area contributed by atoms with Crippen molar-refractivity contribution in [2.24, 2.45) is 0 Å². The Hall–Kier alpha value is -1.94. The lowest BCUT2D eigenvalue weighted by molar-refractivity contribution is 0.627. The molecule has 0 aliphatic heterocycles. The SMILES string of the molecule is Cc1ccc(NC(=S)NCc2ccc(F)cc2)cc1C. The van der Waals surface area contributed by atoms with E-state index in [4.69, 9.17) is 12.2 Å². The van der Waals surface area contributed by atoms with E-state index in [9.17, 15) is 4.39 Å². The highest BCUT2D eigenvalue weighted by Crippen LogP contribution is 2.14. The van der Waals surface area contributed by atoms with E-state index < -0.39 is 0 Å².